The summed E-state index contributed by atoms with van der Waals surface area (Å²) >= 11 is 0. The van der Waals surface area contributed by atoms with E-state index in [0.717, 1.165) is 55.6 Å². The number of guanidine groups is 1. The summed E-state index contributed by atoms with van der Waals surface area (Å²) in [6.07, 6.45) is 2.93. The molecule has 2 heterocycles. The van der Waals surface area contributed by atoms with Gasteiger partial charge in [0.2, 0.25) is 0 Å². The van der Waals surface area contributed by atoms with Crippen molar-refractivity contribution in [2.45, 2.75) is 26.5 Å². The Kier molecular flexibility index (Phi) is 7.67. The van der Waals surface area contributed by atoms with E-state index in [4.69, 9.17) is 14.5 Å². The predicted octanol–water partition coefficient (Wildman–Crippen LogP) is 3.09. The van der Waals surface area contributed by atoms with E-state index >= 15 is 0 Å². The molecule has 0 radical (unpaired) electrons. The van der Waals surface area contributed by atoms with Crippen LogP contribution in [0.2, 0.25) is 0 Å². The average molecular weight is 383 g/mol. The van der Waals surface area contributed by atoms with Crippen LogP contribution >= 0.6 is 0 Å². The molecule has 0 bridgehead atoms. The number of benzene rings is 1. The number of nitrogens with one attached hydrogen (secondary N) is 1. The van der Waals surface area contributed by atoms with Crippen molar-refractivity contribution in [2.24, 2.45) is 10.9 Å². The third-order valence-electron chi connectivity index (χ3n) is 4.75. The van der Waals surface area contributed by atoms with Crippen molar-refractivity contribution < 1.29 is 9.47 Å². The van der Waals surface area contributed by atoms with E-state index in [0.29, 0.717) is 19.1 Å². The van der Waals surface area contributed by atoms with Crippen LogP contribution in [0.5, 0.6) is 5.75 Å². The molecule has 2 aromatic rings. The van der Waals surface area contributed by atoms with E-state index in [2.05, 4.69) is 28.2 Å². The highest BCUT2D eigenvalue weighted by atomic mass is 16.5. The van der Waals surface area contributed by atoms with Gasteiger partial charge in [0.05, 0.1) is 18.8 Å². The lowest BCUT2D eigenvalue weighted by Crippen LogP contribution is -2.40. The van der Waals surface area contributed by atoms with Gasteiger partial charge in [-0.1, -0.05) is 18.2 Å². The lowest BCUT2D eigenvalue weighted by molar-refractivity contribution is 0.157. The highest BCUT2D eigenvalue weighted by Crippen LogP contribution is 2.18. The van der Waals surface area contributed by atoms with E-state index < -0.39 is 0 Å². The number of hydrogen-bond donors (Lipinski definition) is 1. The van der Waals surface area contributed by atoms with Crippen molar-refractivity contribution in [3.05, 3.63) is 59.9 Å². The minimum atomic E-state index is 0.463. The Balaban J connectivity index is 1.59. The summed E-state index contributed by atoms with van der Waals surface area (Å²) < 4.78 is 11.2. The van der Waals surface area contributed by atoms with Gasteiger partial charge in [-0.25, -0.2) is 4.99 Å². The van der Waals surface area contributed by atoms with E-state index in [1.807, 2.05) is 36.4 Å². The van der Waals surface area contributed by atoms with E-state index in [-0.39, 0.29) is 0 Å². The number of rotatable bonds is 8. The summed E-state index contributed by atoms with van der Waals surface area (Å²) in [4.78, 5) is 11.5. The molecule has 0 spiro atoms. The maximum atomic E-state index is 5.88. The largest absolute Gasteiger partial charge is 0.487 e. The first-order valence-electron chi connectivity index (χ1n) is 9.92. The van der Waals surface area contributed by atoms with Crippen molar-refractivity contribution in [3.8, 4) is 5.75 Å². The maximum Gasteiger partial charge on any atom is 0.194 e. The first-order chi connectivity index (χ1) is 13.8. The van der Waals surface area contributed by atoms with E-state index in [1.54, 1.807) is 13.3 Å². The molecule has 1 saturated heterocycles. The van der Waals surface area contributed by atoms with Gasteiger partial charge in [-0.2, -0.15) is 0 Å². The quantitative estimate of drug-likeness (QED) is 0.562. The Hall–Kier alpha value is -2.60. The molecule has 0 aliphatic carbocycles. The van der Waals surface area contributed by atoms with Crippen molar-refractivity contribution in [3.63, 3.8) is 0 Å². The van der Waals surface area contributed by atoms with Gasteiger partial charge < -0.3 is 19.7 Å². The second-order valence-electron chi connectivity index (χ2n) is 6.98. The molecule has 1 fully saturated rings. The molecule has 0 saturated carbocycles. The van der Waals surface area contributed by atoms with Crippen LogP contribution in [-0.4, -0.2) is 49.2 Å². The monoisotopic (exact) mass is 382 g/mol. The van der Waals surface area contributed by atoms with Crippen molar-refractivity contribution >= 4 is 5.96 Å². The molecule has 1 N–H and O–H groups in total. The Labute approximate surface area is 167 Å². The highest BCUT2D eigenvalue weighted by molar-refractivity contribution is 5.80. The lowest BCUT2D eigenvalue weighted by Gasteiger charge is -2.21. The fraction of sp³-hybridized carbons (Fsp3) is 0.455. The van der Waals surface area contributed by atoms with Gasteiger partial charge in [0, 0.05) is 38.9 Å². The first-order valence-corrected chi connectivity index (χ1v) is 9.92. The number of hydrogen-bond acceptors (Lipinski definition) is 4. The Morgan fingerprint density at radius 2 is 2.21 bits per heavy atom. The zero-order chi connectivity index (χ0) is 19.6. The summed E-state index contributed by atoms with van der Waals surface area (Å²) in [6.45, 7) is 6.87. The van der Waals surface area contributed by atoms with Gasteiger partial charge in [0.1, 0.15) is 12.4 Å². The van der Waals surface area contributed by atoms with Crippen LogP contribution in [0.15, 0.2) is 53.7 Å². The SMILES string of the molecule is CCNC(=NCc1cccc(OCc2ccccn2)c1)N1CCC(COC)C1. The second-order valence-corrected chi connectivity index (χ2v) is 6.98. The normalized spacial score (nSPS) is 17.0. The smallest absolute Gasteiger partial charge is 0.194 e. The minimum absolute atomic E-state index is 0.463. The second kappa shape index (κ2) is 10.7. The van der Waals surface area contributed by atoms with Gasteiger partial charge in [-0.15, -0.1) is 0 Å². The van der Waals surface area contributed by atoms with Gasteiger partial charge in [0.15, 0.2) is 5.96 Å². The van der Waals surface area contributed by atoms with Crippen LogP contribution in [0.3, 0.4) is 0 Å². The molecule has 1 aliphatic rings. The third-order valence-corrected chi connectivity index (χ3v) is 4.75. The fourth-order valence-corrected chi connectivity index (χ4v) is 3.36. The summed E-state index contributed by atoms with van der Waals surface area (Å²) in [5.41, 5.74) is 2.04. The number of nitrogens with zero attached hydrogens (tertiary/aromatic N) is 3. The summed E-state index contributed by atoms with van der Waals surface area (Å²) in [5.74, 6) is 2.39. The number of aliphatic imine (C=N–C) groups is 1. The first kappa shape index (κ1) is 20.1. The molecule has 1 aromatic carbocycles. The molecule has 1 aliphatic heterocycles. The van der Waals surface area contributed by atoms with Crippen molar-refractivity contribution in [1.82, 2.24) is 15.2 Å². The standard InChI is InChI=1S/C22H30N4O2/c1-3-23-22(26-12-10-19(15-26)16-27-2)25-14-18-7-6-9-21(13-18)28-17-20-8-4-5-11-24-20/h4-9,11,13,19H,3,10,12,14-17H2,1-2H3,(H,23,25). The van der Waals surface area contributed by atoms with Gasteiger partial charge >= 0.3 is 0 Å². The number of aromatic nitrogens is 1. The fourth-order valence-electron chi connectivity index (χ4n) is 3.36. The Morgan fingerprint density at radius 3 is 3.00 bits per heavy atom. The van der Waals surface area contributed by atoms with Crippen LogP contribution in [0.25, 0.3) is 0 Å². The molecule has 3 rings (SSSR count). The maximum absolute atomic E-state index is 5.88. The van der Waals surface area contributed by atoms with Crippen LogP contribution in [-0.2, 0) is 17.9 Å². The van der Waals surface area contributed by atoms with Crippen LogP contribution in [0.1, 0.15) is 24.6 Å². The zero-order valence-corrected chi connectivity index (χ0v) is 16.8. The highest BCUT2D eigenvalue weighted by Gasteiger charge is 2.24. The van der Waals surface area contributed by atoms with Crippen molar-refractivity contribution in [1.29, 1.82) is 0 Å². The molecule has 1 unspecified atom stereocenters. The topological polar surface area (TPSA) is 59.0 Å². The minimum Gasteiger partial charge on any atom is -0.487 e. The molecule has 150 valence electrons. The van der Waals surface area contributed by atoms with Gasteiger partial charge in [-0.3, -0.25) is 4.98 Å². The third kappa shape index (κ3) is 5.96. The van der Waals surface area contributed by atoms with Crippen LogP contribution < -0.4 is 10.1 Å². The average Bonchev–Trinajstić information content (AvgIpc) is 3.19. The number of methoxy groups -OCH3 is 1. The van der Waals surface area contributed by atoms with E-state index in [9.17, 15) is 0 Å². The van der Waals surface area contributed by atoms with Gasteiger partial charge in [0.25, 0.3) is 0 Å². The number of likely N-dealkylation sites (tertiary alicyclic amines) is 1. The molecule has 1 aromatic heterocycles. The molecule has 28 heavy (non-hydrogen) atoms. The molecule has 0 amide bonds. The Bertz CT molecular complexity index is 751. The van der Waals surface area contributed by atoms with Crippen LogP contribution in [0.4, 0.5) is 0 Å². The summed E-state index contributed by atoms with van der Waals surface area (Å²) in [5, 5.41) is 3.41. The zero-order valence-electron chi connectivity index (χ0n) is 16.8. The molecular formula is C22H30N4O2. The molecule has 1 atom stereocenters. The number of ether oxygens (including phenoxy) is 2. The van der Waals surface area contributed by atoms with Gasteiger partial charge in [-0.05, 0) is 43.2 Å². The van der Waals surface area contributed by atoms with Crippen LogP contribution in [0, 0.1) is 5.92 Å². The summed E-state index contributed by atoms with van der Waals surface area (Å²) in [6, 6.07) is 13.9. The lowest BCUT2D eigenvalue weighted by atomic mass is 10.1. The predicted molar refractivity (Wildman–Crippen MR) is 111 cm³/mol. The number of pyridine rings is 1. The molecule has 6 heteroatoms. The van der Waals surface area contributed by atoms with E-state index in [1.165, 1.54) is 0 Å². The van der Waals surface area contributed by atoms with Crippen molar-refractivity contribution in [2.75, 3.05) is 33.4 Å². The molecule has 6 nitrogen and oxygen atoms in total. The molecular weight excluding hydrogens is 352 g/mol. The Morgan fingerprint density at radius 1 is 1.29 bits per heavy atom. The summed E-state index contributed by atoms with van der Waals surface area (Å²) in [7, 11) is 1.77.